The number of carboxylic acid groups (broad SMARTS) is 1. The predicted molar refractivity (Wildman–Crippen MR) is 55.0 cm³/mol. The first-order chi connectivity index (χ1) is 7.24. The van der Waals surface area contributed by atoms with Crippen molar-refractivity contribution in [3.05, 3.63) is 29.8 Å². The summed E-state index contributed by atoms with van der Waals surface area (Å²) in [5.41, 5.74) is 0.744. The molecule has 0 unspecified atom stereocenters. The van der Waals surface area contributed by atoms with Gasteiger partial charge in [0.25, 0.3) is 0 Å². The SMILES string of the molecule is CCCOc1ccccc1COC(=O)O. The second-order valence-corrected chi connectivity index (χ2v) is 3.01. The summed E-state index contributed by atoms with van der Waals surface area (Å²) in [7, 11) is 0. The van der Waals surface area contributed by atoms with E-state index in [4.69, 9.17) is 9.84 Å². The summed E-state index contributed by atoms with van der Waals surface area (Å²) in [5, 5.41) is 8.38. The van der Waals surface area contributed by atoms with Crippen molar-refractivity contribution in [2.75, 3.05) is 6.61 Å². The summed E-state index contributed by atoms with van der Waals surface area (Å²) in [6.45, 7) is 2.65. The molecule has 4 nitrogen and oxygen atoms in total. The van der Waals surface area contributed by atoms with Crippen LogP contribution in [0.4, 0.5) is 4.79 Å². The van der Waals surface area contributed by atoms with E-state index in [1.165, 1.54) is 0 Å². The minimum atomic E-state index is -1.28. The van der Waals surface area contributed by atoms with E-state index >= 15 is 0 Å². The van der Waals surface area contributed by atoms with Gasteiger partial charge in [0, 0.05) is 5.56 Å². The van der Waals surface area contributed by atoms with E-state index in [2.05, 4.69) is 4.74 Å². The molecule has 15 heavy (non-hydrogen) atoms. The maximum Gasteiger partial charge on any atom is 0.506 e. The van der Waals surface area contributed by atoms with Crippen LogP contribution in [0.1, 0.15) is 18.9 Å². The lowest BCUT2D eigenvalue weighted by molar-refractivity contribution is 0.0845. The number of benzene rings is 1. The molecule has 0 fully saturated rings. The first-order valence-electron chi connectivity index (χ1n) is 4.80. The van der Waals surface area contributed by atoms with Gasteiger partial charge in [0.05, 0.1) is 6.61 Å². The number of rotatable bonds is 5. The van der Waals surface area contributed by atoms with E-state index in [9.17, 15) is 4.79 Å². The van der Waals surface area contributed by atoms with E-state index in [-0.39, 0.29) is 6.61 Å². The summed E-state index contributed by atoms with van der Waals surface area (Å²) in [5.74, 6) is 0.681. The van der Waals surface area contributed by atoms with Gasteiger partial charge in [-0.05, 0) is 12.5 Å². The van der Waals surface area contributed by atoms with Crippen LogP contribution < -0.4 is 4.74 Å². The molecule has 1 N–H and O–H groups in total. The Hall–Kier alpha value is -1.71. The molecule has 0 bridgehead atoms. The van der Waals surface area contributed by atoms with E-state index in [0.717, 1.165) is 12.0 Å². The van der Waals surface area contributed by atoms with Crippen molar-refractivity contribution >= 4 is 6.16 Å². The van der Waals surface area contributed by atoms with E-state index in [1.54, 1.807) is 12.1 Å². The molecule has 1 rings (SSSR count). The molecule has 0 aliphatic heterocycles. The summed E-state index contributed by atoms with van der Waals surface area (Å²) < 4.78 is 9.93. The standard InChI is InChI=1S/C11H14O4/c1-2-7-14-10-6-4-3-5-9(10)8-15-11(12)13/h3-6H,2,7-8H2,1H3,(H,12,13). The van der Waals surface area contributed by atoms with Gasteiger partial charge in [-0.25, -0.2) is 4.79 Å². The fraction of sp³-hybridized carbons (Fsp3) is 0.364. The van der Waals surface area contributed by atoms with Crippen LogP contribution in [0, 0.1) is 0 Å². The molecule has 1 aromatic carbocycles. The average Bonchev–Trinajstić information content (AvgIpc) is 2.24. The molecule has 0 atom stereocenters. The number of ether oxygens (including phenoxy) is 2. The molecule has 0 amide bonds. The molecule has 0 radical (unpaired) electrons. The molecule has 0 aromatic heterocycles. The molecule has 0 aliphatic carbocycles. The summed E-state index contributed by atoms with van der Waals surface area (Å²) in [6, 6.07) is 7.25. The lowest BCUT2D eigenvalue weighted by atomic mass is 10.2. The molecule has 0 saturated heterocycles. The molecule has 1 aromatic rings. The highest BCUT2D eigenvalue weighted by Gasteiger charge is 2.05. The Morgan fingerprint density at radius 1 is 1.40 bits per heavy atom. The van der Waals surface area contributed by atoms with Gasteiger partial charge in [-0.2, -0.15) is 0 Å². The fourth-order valence-corrected chi connectivity index (χ4v) is 1.12. The van der Waals surface area contributed by atoms with Crippen molar-refractivity contribution in [2.24, 2.45) is 0 Å². The summed E-state index contributed by atoms with van der Waals surface area (Å²) >= 11 is 0. The molecule has 0 saturated carbocycles. The van der Waals surface area contributed by atoms with Crippen molar-refractivity contribution in [1.29, 1.82) is 0 Å². The van der Waals surface area contributed by atoms with E-state index in [0.29, 0.717) is 12.4 Å². The van der Waals surface area contributed by atoms with Gasteiger partial charge in [-0.15, -0.1) is 0 Å². The normalized spacial score (nSPS) is 9.67. The highest BCUT2D eigenvalue weighted by atomic mass is 16.7. The van der Waals surface area contributed by atoms with Crippen LogP contribution in [0.2, 0.25) is 0 Å². The van der Waals surface area contributed by atoms with Crippen LogP contribution in [0.5, 0.6) is 5.75 Å². The predicted octanol–water partition coefficient (Wildman–Crippen LogP) is 2.67. The molecular weight excluding hydrogens is 196 g/mol. The van der Waals surface area contributed by atoms with Crippen molar-refractivity contribution in [1.82, 2.24) is 0 Å². The van der Waals surface area contributed by atoms with Gasteiger partial charge >= 0.3 is 6.16 Å². The van der Waals surface area contributed by atoms with Gasteiger partial charge in [-0.1, -0.05) is 25.1 Å². The van der Waals surface area contributed by atoms with Gasteiger partial charge in [0.15, 0.2) is 0 Å². The fourth-order valence-electron chi connectivity index (χ4n) is 1.12. The van der Waals surface area contributed by atoms with E-state index < -0.39 is 6.16 Å². The zero-order chi connectivity index (χ0) is 11.1. The second-order valence-electron chi connectivity index (χ2n) is 3.01. The molecular formula is C11H14O4. The first kappa shape index (κ1) is 11.4. The lowest BCUT2D eigenvalue weighted by Gasteiger charge is -2.09. The highest BCUT2D eigenvalue weighted by Crippen LogP contribution is 2.18. The second kappa shape index (κ2) is 5.90. The minimum Gasteiger partial charge on any atom is -0.493 e. The van der Waals surface area contributed by atoms with Gasteiger partial charge in [0.1, 0.15) is 12.4 Å². The summed E-state index contributed by atoms with van der Waals surface area (Å²) in [6.07, 6.45) is -0.367. The third-order valence-corrected chi connectivity index (χ3v) is 1.79. The monoisotopic (exact) mass is 210 g/mol. The Kier molecular flexibility index (Phi) is 4.47. The van der Waals surface area contributed by atoms with Gasteiger partial charge in [0.2, 0.25) is 0 Å². The quantitative estimate of drug-likeness (QED) is 0.759. The Morgan fingerprint density at radius 2 is 2.13 bits per heavy atom. The Balaban J connectivity index is 2.63. The van der Waals surface area contributed by atoms with E-state index in [1.807, 2.05) is 19.1 Å². The van der Waals surface area contributed by atoms with Crippen LogP contribution in [0.25, 0.3) is 0 Å². The Morgan fingerprint density at radius 3 is 2.80 bits per heavy atom. The lowest BCUT2D eigenvalue weighted by Crippen LogP contribution is -2.03. The van der Waals surface area contributed by atoms with Crippen LogP contribution >= 0.6 is 0 Å². The molecule has 4 heteroatoms. The maximum atomic E-state index is 10.2. The zero-order valence-electron chi connectivity index (χ0n) is 8.60. The van der Waals surface area contributed by atoms with Gasteiger partial charge in [-0.3, -0.25) is 0 Å². The first-order valence-corrected chi connectivity index (χ1v) is 4.80. The van der Waals surface area contributed by atoms with Crippen molar-refractivity contribution in [2.45, 2.75) is 20.0 Å². The van der Waals surface area contributed by atoms with Crippen LogP contribution in [-0.2, 0) is 11.3 Å². The minimum absolute atomic E-state index is 0.0230. The van der Waals surface area contributed by atoms with Gasteiger partial charge < -0.3 is 14.6 Å². The Bertz CT molecular complexity index is 322. The molecule has 0 spiro atoms. The third kappa shape index (κ3) is 3.89. The third-order valence-electron chi connectivity index (χ3n) is 1.79. The number of para-hydroxylation sites is 1. The number of carbonyl (C=O) groups is 1. The zero-order valence-corrected chi connectivity index (χ0v) is 8.60. The Labute approximate surface area is 88.4 Å². The average molecular weight is 210 g/mol. The summed E-state index contributed by atoms with van der Waals surface area (Å²) in [4.78, 5) is 10.2. The maximum absolute atomic E-state index is 10.2. The molecule has 0 aliphatic rings. The van der Waals surface area contributed by atoms with Crippen LogP contribution in [0.3, 0.4) is 0 Å². The molecule has 82 valence electrons. The topological polar surface area (TPSA) is 55.8 Å². The molecule has 0 heterocycles. The smallest absolute Gasteiger partial charge is 0.493 e. The van der Waals surface area contributed by atoms with Crippen molar-refractivity contribution in [3.63, 3.8) is 0 Å². The highest BCUT2D eigenvalue weighted by molar-refractivity contribution is 5.57. The van der Waals surface area contributed by atoms with Crippen LogP contribution in [0.15, 0.2) is 24.3 Å². The number of hydrogen-bond donors (Lipinski definition) is 1. The number of hydrogen-bond acceptors (Lipinski definition) is 3. The van der Waals surface area contributed by atoms with Crippen LogP contribution in [-0.4, -0.2) is 17.9 Å². The van der Waals surface area contributed by atoms with Crippen molar-refractivity contribution in [3.8, 4) is 5.75 Å². The largest absolute Gasteiger partial charge is 0.506 e. The van der Waals surface area contributed by atoms with Crippen molar-refractivity contribution < 1.29 is 19.4 Å².